The Morgan fingerprint density at radius 3 is 2.28 bits per heavy atom. The minimum Gasteiger partial charge on any atom is -0.545 e. The van der Waals surface area contributed by atoms with Crippen LogP contribution in [0, 0.1) is 0 Å². The normalized spacial score (nSPS) is 11.0. The van der Waals surface area contributed by atoms with Crippen molar-refractivity contribution in [2.45, 2.75) is 4.90 Å². The van der Waals surface area contributed by atoms with Crippen LogP contribution in [-0.4, -0.2) is 24.5 Å². The molecule has 11 heteroatoms. The Kier molecular flexibility index (Phi) is 7.12. The van der Waals surface area contributed by atoms with Gasteiger partial charge in [-0.05, 0) is 54.6 Å². The molecule has 29 heavy (non-hydrogen) atoms. The number of aromatic hydroxyl groups is 1. The summed E-state index contributed by atoms with van der Waals surface area (Å²) < 4.78 is 27.0. The number of nitrogens with one attached hydrogen (secondary N) is 1. The molecule has 2 N–H and O–H groups in total. The third kappa shape index (κ3) is 5.65. The number of anilines is 1. The van der Waals surface area contributed by atoms with Gasteiger partial charge in [0.05, 0.1) is 22.2 Å². The fourth-order valence-corrected chi connectivity index (χ4v) is 3.19. The van der Waals surface area contributed by atoms with Crippen LogP contribution in [0.1, 0.15) is 10.4 Å². The van der Waals surface area contributed by atoms with Gasteiger partial charge in [-0.25, -0.2) is 13.4 Å². The maximum absolute atomic E-state index is 12.3. The molecular formula is C18H13LiN4O5S. The first-order valence-electron chi connectivity index (χ1n) is 7.85. The number of nitrogens with zero attached hydrogens (tertiary/aromatic N) is 3. The van der Waals surface area contributed by atoms with Gasteiger partial charge < -0.3 is 15.0 Å². The van der Waals surface area contributed by atoms with Crippen molar-refractivity contribution in [3.63, 3.8) is 0 Å². The van der Waals surface area contributed by atoms with Crippen LogP contribution in [0.25, 0.3) is 0 Å². The predicted octanol–water partition coefficient (Wildman–Crippen LogP) is -0.629. The van der Waals surface area contributed by atoms with Gasteiger partial charge in [0.2, 0.25) is 0 Å². The summed E-state index contributed by atoms with van der Waals surface area (Å²) in [5, 5.41) is 28.1. The molecule has 2 aromatic carbocycles. The Balaban J connectivity index is 0.00000300. The van der Waals surface area contributed by atoms with E-state index in [0.717, 1.165) is 6.07 Å². The van der Waals surface area contributed by atoms with Crippen molar-refractivity contribution in [1.29, 1.82) is 0 Å². The van der Waals surface area contributed by atoms with Crippen molar-refractivity contribution in [2.24, 2.45) is 10.2 Å². The molecule has 0 spiro atoms. The van der Waals surface area contributed by atoms with Crippen LogP contribution in [-0.2, 0) is 10.0 Å². The molecule has 0 radical (unpaired) electrons. The average Bonchev–Trinajstić information content (AvgIpc) is 2.68. The summed E-state index contributed by atoms with van der Waals surface area (Å²) in [7, 11) is -3.80. The van der Waals surface area contributed by atoms with Gasteiger partial charge in [0, 0.05) is 11.8 Å². The topological polar surface area (TPSA) is 144 Å². The Morgan fingerprint density at radius 1 is 1.00 bits per heavy atom. The first-order valence-corrected chi connectivity index (χ1v) is 9.33. The standard InChI is InChI=1S/C18H14N4O5S.Li/c23-16-9-6-13(11-15(16)18(24)25)21-20-12-4-7-14(8-5-12)28(26,27)22-17-3-1-2-10-19-17;/h1-11,23H,(H,19,22)(H,24,25);/q;+1/p-1. The van der Waals surface area contributed by atoms with Crippen molar-refractivity contribution in [3.05, 3.63) is 72.4 Å². The number of rotatable bonds is 6. The molecule has 0 aliphatic carbocycles. The molecule has 1 heterocycles. The van der Waals surface area contributed by atoms with Crippen molar-refractivity contribution < 1.29 is 42.3 Å². The zero-order chi connectivity index (χ0) is 20.1. The summed E-state index contributed by atoms with van der Waals surface area (Å²) in [6.45, 7) is 0. The number of carbonyl (C=O) groups excluding carboxylic acids is 1. The molecule has 0 aliphatic heterocycles. The molecule has 0 unspecified atom stereocenters. The third-order valence-electron chi connectivity index (χ3n) is 3.53. The van der Waals surface area contributed by atoms with Gasteiger partial charge in [-0.15, -0.1) is 0 Å². The number of phenols is 1. The number of sulfonamides is 1. The molecule has 0 saturated heterocycles. The summed E-state index contributed by atoms with van der Waals surface area (Å²) in [6.07, 6.45) is 1.47. The first-order chi connectivity index (χ1) is 13.3. The molecule has 0 bridgehead atoms. The number of benzene rings is 2. The van der Waals surface area contributed by atoms with E-state index in [0.29, 0.717) is 5.69 Å². The van der Waals surface area contributed by atoms with Gasteiger partial charge >= 0.3 is 18.9 Å². The van der Waals surface area contributed by atoms with E-state index >= 15 is 0 Å². The van der Waals surface area contributed by atoms with E-state index in [9.17, 15) is 23.4 Å². The van der Waals surface area contributed by atoms with Crippen molar-refractivity contribution in [1.82, 2.24) is 4.98 Å². The summed E-state index contributed by atoms with van der Waals surface area (Å²) in [6, 6.07) is 14.1. The Bertz CT molecular complexity index is 1140. The summed E-state index contributed by atoms with van der Waals surface area (Å²) in [5.41, 5.74) is 0.129. The minimum atomic E-state index is -3.80. The molecule has 1 aromatic heterocycles. The fourth-order valence-electron chi connectivity index (χ4n) is 2.18. The second-order valence-corrected chi connectivity index (χ2v) is 7.19. The molecule has 0 fully saturated rings. The average molecular weight is 404 g/mol. The van der Waals surface area contributed by atoms with Crippen molar-refractivity contribution in [3.8, 4) is 5.75 Å². The number of pyridine rings is 1. The molecule has 142 valence electrons. The van der Waals surface area contributed by atoms with E-state index in [1.165, 1.54) is 48.7 Å². The van der Waals surface area contributed by atoms with E-state index in [-0.39, 0.29) is 35.3 Å². The number of azo groups is 1. The quantitative estimate of drug-likeness (QED) is 0.414. The maximum atomic E-state index is 12.3. The largest absolute Gasteiger partial charge is 1.00 e. The van der Waals surface area contributed by atoms with Gasteiger partial charge in [0.15, 0.2) is 0 Å². The van der Waals surface area contributed by atoms with E-state index in [1.807, 2.05) is 0 Å². The fraction of sp³-hybridized carbons (Fsp3) is 0. The van der Waals surface area contributed by atoms with Crippen LogP contribution in [0.2, 0.25) is 0 Å². The minimum absolute atomic E-state index is 0. The molecule has 3 aromatic rings. The molecule has 0 saturated carbocycles. The molecule has 9 nitrogen and oxygen atoms in total. The monoisotopic (exact) mass is 404 g/mol. The van der Waals surface area contributed by atoms with Crippen molar-refractivity contribution >= 4 is 33.2 Å². The third-order valence-corrected chi connectivity index (χ3v) is 4.90. The van der Waals surface area contributed by atoms with Crippen LogP contribution in [0.3, 0.4) is 0 Å². The number of carboxylic acids is 1. The predicted molar refractivity (Wildman–Crippen MR) is 98.1 cm³/mol. The number of carboxylic acid groups (broad SMARTS) is 1. The van der Waals surface area contributed by atoms with Gasteiger partial charge in [-0.1, -0.05) is 6.07 Å². The zero-order valence-electron chi connectivity index (χ0n) is 15.2. The van der Waals surface area contributed by atoms with Gasteiger partial charge in [0.1, 0.15) is 11.6 Å². The number of carbonyl (C=O) groups is 1. The number of aromatic nitrogens is 1. The summed E-state index contributed by atoms with van der Waals surface area (Å²) in [4.78, 5) is 14.8. The van der Waals surface area contributed by atoms with E-state index in [1.54, 1.807) is 12.1 Å². The van der Waals surface area contributed by atoms with Crippen LogP contribution in [0.15, 0.2) is 82.0 Å². The molecule has 0 aliphatic rings. The van der Waals surface area contributed by atoms with Gasteiger partial charge in [-0.3, -0.25) is 4.72 Å². The van der Waals surface area contributed by atoms with Gasteiger partial charge in [-0.2, -0.15) is 10.2 Å². The van der Waals surface area contributed by atoms with Crippen LogP contribution >= 0.6 is 0 Å². The van der Waals surface area contributed by atoms with Gasteiger partial charge in [0.25, 0.3) is 10.0 Å². The number of hydrogen-bond donors (Lipinski definition) is 2. The Hall–Kier alpha value is -3.19. The molecule has 0 atom stereocenters. The SMILES string of the molecule is O=C([O-])c1cc(N=Nc2ccc(S(=O)(=O)Nc3ccccn3)cc2)ccc1O.[Li+]. The summed E-state index contributed by atoms with van der Waals surface area (Å²) in [5.74, 6) is -1.78. The van der Waals surface area contributed by atoms with Crippen LogP contribution in [0.4, 0.5) is 17.2 Å². The summed E-state index contributed by atoms with van der Waals surface area (Å²) >= 11 is 0. The van der Waals surface area contributed by atoms with E-state index in [2.05, 4.69) is 19.9 Å². The zero-order valence-corrected chi connectivity index (χ0v) is 16.0. The van der Waals surface area contributed by atoms with Crippen molar-refractivity contribution in [2.75, 3.05) is 4.72 Å². The van der Waals surface area contributed by atoms with Crippen LogP contribution < -0.4 is 28.7 Å². The van der Waals surface area contributed by atoms with E-state index < -0.39 is 27.3 Å². The molecule has 3 rings (SSSR count). The van der Waals surface area contributed by atoms with Crippen LogP contribution in [0.5, 0.6) is 5.75 Å². The second-order valence-electron chi connectivity index (χ2n) is 5.50. The Morgan fingerprint density at radius 2 is 1.66 bits per heavy atom. The van der Waals surface area contributed by atoms with E-state index in [4.69, 9.17) is 0 Å². The number of aromatic carboxylic acids is 1. The molecular weight excluding hydrogens is 391 g/mol. The number of hydrogen-bond acceptors (Lipinski definition) is 8. The first kappa shape index (κ1) is 22.1. The second kappa shape index (κ2) is 9.34. The Labute approximate surface area is 178 Å². The maximum Gasteiger partial charge on any atom is 1.00 e. The molecule has 0 amide bonds. The smallest absolute Gasteiger partial charge is 0.545 e.